The van der Waals surface area contributed by atoms with Crippen LogP contribution < -0.4 is 5.32 Å². The molecule has 4 nitrogen and oxygen atoms in total. The Morgan fingerprint density at radius 1 is 1.23 bits per heavy atom. The molecule has 114 valence electrons. The van der Waals surface area contributed by atoms with Crippen molar-refractivity contribution in [3.05, 3.63) is 59.9 Å². The van der Waals surface area contributed by atoms with Crippen molar-refractivity contribution in [3.63, 3.8) is 0 Å². The van der Waals surface area contributed by atoms with E-state index in [1.165, 1.54) is 42.7 Å². The molecule has 1 unspecified atom stereocenters. The molecule has 2 rings (SSSR count). The van der Waals surface area contributed by atoms with Gasteiger partial charge in [0.25, 0.3) is 5.91 Å². The molecule has 0 fully saturated rings. The van der Waals surface area contributed by atoms with Gasteiger partial charge in [0, 0.05) is 6.20 Å². The second kappa shape index (κ2) is 6.38. The van der Waals surface area contributed by atoms with Gasteiger partial charge in [-0.15, -0.1) is 0 Å². The van der Waals surface area contributed by atoms with Gasteiger partial charge in [-0.3, -0.25) is 14.8 Å². The van der Waals surface area contributed by atoms with E-state index in [0.717, 1.165) is 0 Å². The Balaban J connectivity index is 2.32. The van der Waals surface area contributed by atoms with E-state index in [1.807, 2.05) is 5.32 Å². The molecule has 0 aliphatic rings. The maximum absolute atomic E-state index is 13.2. The molecule has 1 amide bonds. The highest BCUT2D eigenvalue weighted by Gasteiger charge is 2.42. The van der Waals surface area contributed by atoms with Crippen molar-refractivity contribution in [2.75, 3.05) is 0 Å². The second-order valence-corrected chi connectivity index (χ2v) is 4.41. The molecular weight excluding hydrogens is 295 g/mol. The fourth-order valence-electron chi connectivity index (χ4n) is 1.91. The first-order chi connectivity index (χ1) is 10.4. The average molecular weight is 307 g/mol. The minimum Gasteiger partial charge on any atom is -0.337 e. The summed E-state index contributed by atoms with van der Waals surface area (Å²) in [5.41, 5.74) is 0.0506. The molecule has 1 heterocycles. The number of nitrogens with zero attached hydrogens (tertiary/aromatic N) is 2. The summed E-state index contributed by atoms with van der Waals surface area (Å²) in [6.45, 7) is 3.27. The Kier molecular flexibility index (Phi) is 4.55. The smallest absolute Gasteiger partial charge is 0.337 e. The maximum atomic E-state index is 13.2. The molecule has 0 aliphatic carbocycles. The van der Waals surface area contributed by atoms with Crippen molar-refractivity contribution < 1.29 is 18.0 Å². The Morgan fingerprint density at radius 2 is 1.91 bits per heavy atom. The summed E-state index contributed by atoms with van der Waals surface area (Å²) in [6.07, 6.45) is -2.06. The topological polar surface area (TPSA) is 54.4 Å². The molecule has 0 saturated carbocycles. The van der Waals surface area contributed by atoms with Crippen LogP contribution >= 0.6 is 0 Å². The quantitative estimate of drug-likeness (QED) is 0.880. The Bertz CT molecular complexity index is 671. The van der Waals surface area contributed by atoms with Gasteiger partial charge in [0.05, 0.1) is 17.4 Å². The van der Waals surface area contributed by atoms with E-state index >= 15 is 0 Å². The van der Waals surface area contributed by atoms with Crippen LogP contribution in [-0.4, -0.2) is 23.8 Å². The maximum Gasteiger partial charge on any atom is 0.412 e. The number of carbonyl (C=O) groups is 1. The van der Waals surface area contributed by atoms with E-state index in [-0.39, 0.29) is 16.8 Å². The van der Waals surface area contributed by atoms with E-state index in [1.54, 1.807) is 6.07 Å². The number of halogens is 3. The zero-order chi connectivity index (χ0) is 16.2. The van der Waals surface area contributed by atoms with Crippen LogP contribution in [-0.2, 0) is 0 Å². The van der Waals surface area contributed by atoms with Gasteiger partial charge >= 0.3 is 6.18 Å². The first kappa shape index (κ1) is 15.7. The van der Waals surface area contributed by atoms with Gasteiger partial charge in [0.2, 0.25) is 0 Å². The number of amides is 1. The standard InChI is InChI=1S/C15H12F3N3O/c1-19-12-9-20-8-7-11(12)14(22)21-13(15(16,17)18)10-5-3-2-4-6-10/h2-9,13H,1H2,(H,21,22). The van der Waals surface area contributed by atoms with Crippen molar-refractivity contribution in [1.82, 2.24) is 10.3 Å². The van der Waals surface area contributed by atoms with Crippen LogP contribution in [0.15, 0.2) is 53.8 Å². The Morgan fingerprint density at radius 3 is 2.50 bits per heavy atom. The number of alkyl halides is 3. The largest absolute Gasteiger partial charge is 0.412 e. The Labute approximate surface area is 124 Å². The molecule has 0 bridgehead atoms. The number of benzene rings is 1. The van der Waals surface area contributed by atoms with Crippen molar-refractivity contribution in [3.8, 4) is 0 Å². The lowest BCUT2D eigenvalue weighted by atomic mass is 10.1. The van der Waals surface area contributed by atoms with Crippen LogP contribution in [0.1, 0.15) is 22.0 Å². The van der Waals surface area contributed by atoms with E-state index in [0.29, 0.717) is 0 Å². The molecule has 1 aromatic heterocycles. The zero-order valence-electron chi connectivity index (χ0n) is 11.3. The van der Waals surface area contributed by atoms with E-state index in [9.17, 15) is 18.0 Å². The van der Waals surface area contributed by atoms with Gasteiger partial charge in [-0.1, -0.05) is 30.3 Å². The summed E-state index contributed by atoms with van der Waals surface area (Å²) in [6, 6.07) is 6.34. The van der Waals surface area contributed by atoms with Crippen LogP contribution in [0.25, 0.3) is 0 Å². The predicted octanol–water partition coefficient (Wildman–Crippen LogP) is 3.45. The molecule has 0 spiro atoms. The SMILES string of the molecule is C=Nc1cnccc1C(=O)NC(c1ccccc1)C(F)(F)F. The number of hydrogen-bond donors (Lipinski definition) is 1. The zero-order valence-corrected chi connectivity index (χ0v) is 11.3. The second-order valence-electron chi connectivity index (χ2n) is 4.41. The van der Waals surface area contributed by atoms with Gasteiger partial charge in [-0.25, -0.2) is 0 Å². The fourth-order valence-corrected chi connectivity index (χ4v) is 1.91. The van der Waals surface area contributed by atoms with Crippen LogP contribution in [0.4, 0.5) is 18.9 Å². The summed E-state index contributed by atoms with van der Waals surface area (Å²) in [7, 11) is 0. The number of nitrogens with one attached hydrogen (secondary N) is 1. The number of rotatable bonds is 4. The molecule has 2 aromatic rings. The summed E-state index contributed by atoms with van der Waals surface area (Å²) >= 11 is 0. The molecule has 1 atom stereocenters. The minimum absolute atomic E-state index is 0.0184. The van der Waals surface area contributed by atoms with Crippen molar-refractivity contribution >= 4 is 18.3 Å². The highest BCUT2D eigenvalue weighted by atomic mass is 19.4. The normalized spacial score (nSPS) is 12.5. The third-order valence-electron chi connectivity index (χ3n) is 2.95. The molecule has 22 heavy (non-hydrogen) atoms. The molecule has 0 aliphatic heterocycles. The lowest BCUT2D eigenvalue weighted by Gasteiger charge is -2.22. The highest BCUT2D eigenvalue weighted by Crippen LogP contribution is 2.33. The number of aromatic nitrogens is 1. The summed E-state index contributed by atoms with van der Waals surface area (Å²) in [5, 5.41) is 1.98. The highest BCUT2D eigenvalue weighted by molar-refractivity contribution is 5.99. The average Bonchev–Trinajstić information content (AvgIpc) is 2.52. The van der Waals surface area contributed by atoms with E-state index < -0.39 is 18.1 Å². The number of carbonyl (C=O) groups excluding carboxylic acids is 1. The summed E-state index contributed by atoms with van der Waals surface area (Å²) in [5.74, 6) is -0.893. The first-order valence-electron chi connectivity index (χ1n) is 6.26. The van der Waals surface area contributed by atoms with Crippen LogP contribution in [0.2, 0.25) is 0 Å². The summed E-state index contributed by atoms with van der Waals surface area (Å²) < 4.78 is 39.6. The Hall–Kier alpha value is -2.70. The number of pyridine rings is 1. The van der Waals surface area contributed by atoms with Crippen LogP contribution in [0, 0.1) is 0 Å². The lowest BCUT2D eigenvalue weighted by molar-refractivity contribution is -0.155. The summed E-state index contributed by atoms with van der Waals surface area (Å²) in [4.78, 5) is 19.5. The van der Waals surface area contributed by atoms with Crippen LogP contribution in [0.5, 0.6) is 0 Å². The van der Waals surface area contributed by atoms with Crippen molar-refractivity contribution in [2.45, 2.75) is 12.2 Å². The minimum atomic E-state index is -4.62. The van der Waals surface area contributed by atoms with Gasteiger partial charge in [0.15, 0.2) is 6.04 Å². The third-order valence-corrected chi connectivity index (χ3v) is 2.95. The van der Waals surface area contributed by atoms with Crippen molar-refractivity contribution in [1.29, 1.82) is 0 Å². The predicted molar refractivity (Wildman–Crippen MR) is 76.2 cm³/mol. The monoisotopic (exact) mass is 307 g/mol. The number of hydrogen-bond acceptors (Lipinski definition) is 3. The van der Waals surface area contributed by atoms with E-state index in [4.69, 9.17) is 0 Å². The molecule has 1 N–H and O–H groups in total. The van der Waals surface area contributed by atoms with E-state index in [2.05, 4.69) is 16.7 Å². The van der Waals surface area contributed by atoms with Gasteiger partial charge in [-0.2, -0.15) is 13.2 Å². The van der Waals surface area contributed by atoms with Crippen LogP contribution in [0.3, 0.4) is 0 Å². The van der Waals surface area contributed by atoms with Gasteiger partial charge < -0.3 is 5.32 Å². The van der Waals surface area contributed by atoms with Crippen molar-refractivity contribution in [2.24, 2.45) is 4.99 Å². The third kappa shape index (κ3) is 3.49. The molecule has 1 aromatic carbocycles. The molecule has 0 saturated heterocycles. The van der Waals surface area contributed by atoms with Gasteiger partial charge in [0.1, 0.15) is 0 Å². The molecular formula is C15H12F3N3O. The molecule has 0 radical (unpaired) electrons. The van der Waals surface area contributed by atoms with Gasteiger partial charge in [-0.05, 0) is 18.3 Å². The molecule has 7 heteroatoms. The first-order valence-corrected chi connectivity index (χ1v) is 6.26. The fraction of sp³-hybridized carbons (Fsp3) is 0.133. The number of aliphatic imine (C=N–C) groups is 1. The lowest BCUT2D eigenvalue weighted by Crippen LogP contribution is -2.38.